The molecule has 1 saturated heterocycles. The summed E-state index contributed by atoms with van der Waals surface area (Å²) < 4.78 is 27.4. The quantitative estimate of drug-likeness (QED) is 0.823. The van der Waals surface area contributed by atoms with Crippen LogP contribution in [0, 0.1) is 11.6 Å². The van der Waals surface area contributed by atoms with Crippen LogP contribution in [0.4, 0.5) is 14.5 Å². The fourth-order valence-corrected chi connectivity index (χ4v) is 2.09. The number of piperidine rings is 1. The van der Waals surface area contributed by atoms with Gasteiger partial charge in [-0.05, 0) is 18.9 Å². The fourth-order valence-electron chi connectivity index (χ4n) is 2.09. The first-order valence-electron chi connectivity index (χ1n) is 5.73. The summed E-state index contributed by atoms with van der Waals surface area (Å²) in [6.07, 6.45) is 0.835. The monoisotopic (exact) mass is 242 g/mol. The first-order valence-corrected chi connectivity index (χ1v) is 5.73. The second-order valence-corrected chi connectivity index (χ2v) is 4.29. The summed E-state index contributed by atoms with van der Waals surface area (Å²) in [5.41, 5.74) is 5.75. The van der Waals surface area contributed by atoms with E-state index < -0.39 is 11.6 Å². The number of anilines is 1. The summed E-state index contributed by atoms with van der Waals surface area (Å²) in [7, 11) is 0. The van der Waals surface area contributed by atoms with Gasteiger partial charge in [-0.25, -0.2) is 8.78 Å². The average molecular weight is 242 g/mol. The summed E-state index contributed by atoms with van der Waals surface area (Å²) in [5.74, 6) is -1.71. The van der Waals surface area contributed by atoms with E-state index in [1.54, 1.807) is 11.0 Å². The van der Waals surface area contributed by atoms with Gasteiger partial charge in [0.05, 0.1) is 11.8 Å². The van der Waals surface area contributed by atoms with Crippen molar-refractivity contribution in [2.24, 2.45) is 5.73 Å². The topological polar surface area (TPSA) is 49.5 Å². The van der Waals surface area contributed by atoms with E-state index in [4.69, 9.17) is 5.73 Å². The normalized spacial score (nSPS) is 17.5. The van der Waals surface area contributed by atoms with Crippen molar-refractivity contribution in [3.63, 3.8) is 0 Å². The van der Waals surface area contributed by atoms with Crippen LogP contribution in [0.25, 0.3) is 0 Å². The predicted octanol–water partition coefficient (Wildman–Crippen LogP) is 1.38. The van der Waals surface area contributed by atoms with Crippen LogP contribution in [-0.2, 0) is 6.54 Å². The molecule has 1 heterocycles. The van der Waals surface area contributed by atoms with E-state index in [1.165, 1.54) is 6.07 Å². The van der Waals surface area contributed by atoms with Crippen LogP contribution < -0.4 is 10.6 Å². The lowest BCUT2D eigenvalue weighted by Gasteiger charge is -2.31. The first kappa shape index (κ1) is 12.3. The maximum Gasteiger partial charge on any atom is 0.182 e. The van der Waals surface area contributed by atoms with E-state index in [-0.39, 0.29) is 23.9 Å². The van der Waals surface area contributed by atoms with E-state index in [1.807, 2.05) is 0 Å². The van der Waals surface area contributed by atoms with Crippen molar-refractivity contribution in [1.29, 1.82) is 0 Å². The summed E-state index contributed by atoms with van der Waals surface area (Å²) in [6.45, 7) is 1.07. The fraction of sp³-hybridized carbons (Fsp3) is 0.500. The molecule has 1 aliphatic rings. The molecule has 1 aromatic carbocycles. The van der Waals surface area contributed by atoms with Crippen LogP contribution in [-0.4, -0.2) is 24.3 Å². The molecule has 3 nitrogen and oxygen atoms in total. The molecule has 0 saturated carbocycles. The van der Waals surface area contributed by atoms with Gasteiger partial charge in [0.1, 0.15) is 0 Å². The molecular weight excluding hydrogens is 226 g/mol. The first-order chi connectivity index (χ1) is 8.13. The highest BCUT2D eigenvalue weighted by Crippen LogP contribution is 2.26. The van der Waals surface area contributed by atoms with Crippen LogP contribution in [0.3, 0.4) is 0 Å². The molecule has 5 heteroatoms. The summed E-state index contributed by atoms with van der Waals surface area (Å²) in [5, 5.41) is 9.37. The average Bonchev–Trinajstić information content (AvgIpc) is 2.34. The number of hydrogen-bond acceptors (Lipinski definition) is 3. The second kappa shape index (κ2) is 4.98. The lowest BCUT2D eigenvalue weighted by atomic mass is 10.1. The number of rotatable bonds is 2. The number of aliphatic hydroxyl groups excluding tert-OH is 1. The minimum atomic E-state index is -0.865. The third-order valence-electron chi connectivity index (χ3n) is 3.17. The molecule has 94 valence electrons. The van der Waals surface area contributed by atoms with Crippen molar-refractivity contribution in [2.45, 2.75) is 25.5 Å². The van der Waals surface area contributed by atoms with Gasteiger partial charge in [0, 0.05) is 25.2 Å². The smallest absolute Gasteiger partial charge is 0.182 e. The molecule has 1 aliphatic heterocycles. The number of hydrogen-bond donors (Lipinski definition) is 2. The molecule has 0 atom stereocenters. The van der Waals surface area contributed by atoms with Crippen molar-refractivity contribution in [3.05, 3.63) is 29.3 Å². The van der Waals surface area contributed by atoms with Gasteiger partial charge >= 0.3 is 0 Å². The van der Waals surface area contributed by atoms with Crippen molar-refractivity contribution in [1.82, 2.24) is 0 Å². The third-order valence-corrected chi connectivity index (χ3v) is 3.17. The van der Waals surface area contributed by atoms with Crippen LogP contribution in [0.15, 0.2) is 12.1 Å². The van der Waals surface area contributed by atoms with E-state index in [9.17, 15) is 13.9 Å². The number of aliphatic hydroxyl groups is 1. The molecule has 0 radical (unpaired) electrons. The highest BCUT2D eigenvalue weighted by atomic mass is 19.2. The Balaban J connectivity index is 2.24. The molecule has 0 spiro atoms. The molecule has 1 aromatic rings. The van der Waals surface area contributed by atoms with E-state index in [0.717, 1.165) is 0 Å². The van der Waals surface area contributed by atoms with Gasteiger partial charge in [0.2, 0.25) is 0 Å². The van der Waals surface area contributed by atoms with Gasteiger partial charge in [-0.15, -0.1) is 0 Å². The minimum Gasteiger partial charge on any atom is -0.393 e. The number of halogens is 2. The Bertz CT molecular complexity index is 404. The van der Waals surface area contributed by atoms with Crippen LogP contribution >= 0.6 is 0 Å². The predicted molar refractivity (Wildman–Crippen MR) is 61.7 cm³/mol. The van der Waals surface area contributed by atoms with Crippen molar-refractivity contribution in [2.75, 3.05) is 18.0 Å². The van der Waals surface area contributed by atoms with Crippen molar-refractivity contribution >= 4 is 5.69 Å². The zero-order chi connectivity index (χ0) is 12.4. The Morgan fingerprint density at radius 1 is 1.24 bits per heavy atom. The third kappa shape index (κ3) is 2.40. The van der Waals surface area contributed by atoms with Gasteiger partial charge < -0.3 is 15.7 Å². The zero-order valence-electron chi connectivity index (χ0n) is 9.50. The highest BCUT2D eigenvalue weighted by Gasteiger charge is 2.22. The molecule has 0 unspecified atom stereocenters. The van der Waals surface area contributed by atoms with E-state index >= 15 is 0 Å². The molecule has 0 aromatic heterocycles. The van der Waals surface area contributed by atoms with Crippen LogP contribution in [0.1, 0.15) is 18.4 Å². The lowest BCUT2D eigenvalue weighted by Crippen LogP contribution is -2.36. The molecule has 0 bridgehead atoms. The lowest BCUT2D eigenvalue weighted by molar-refractivity contribution is 0.145. The Morgan fingerprint density at radius 2 is 1.88 bits per heavy atom. The summed E-state index contributed by atoms with van der Waals surface area (Å²) in [4.78, 5) is 1.76. The Kier molecular flexibility index (Phi) is 3.59. The molecule has 2 rings (SSSR count). The molecular formula is C12H16F2N2O. The van der Waals surface area contributed by atoms with Crippen LogP contribution in [0.2, 0.25) is 0 Å². The molecule has 1 fully saturated rings. The Labute approximate surface area is 98.8 Å². The Hall–Kier alpha value is -1.20. The molecule has 0 aliphatic carbocycles. The van der Waals surface area contributed by atoms with Gasteiger partial charge in [0.25, 0.3) is 0 Å². The van der Waals surface area contributed by atoms with E-state index in [0.29, 0.717) is 25.9 Å². The van der Waals surface area contributed by atoms with Crippen LogP contribution in [0.5, 0.6) is 0 Å². The Morgan fingerprint density at radius 3 is 2.47 bits per heavy atom. The second-order valence-electron chi connectivity index (χ2n) is 4.29. The molecule has 3 N–H and O–H groups in total. The SMILES string of the molecule is NCc1ccc(N2CCC(O)CC2)c(F)c1F. The summed E-state index contributed by atoms with van der Waals surface area (Å²) >= 11 is 0. The zero-order valence-corrected chi connectivity index (χ0v) is 9.50. The number of nitrogens with two attached hydrogens (primary N) is 1. The number of nitrogens with zero attached hydrogens (tertiary/aromatic N) is 1. The largest absolute Gasteiger partial charge is 0.393 e. The molecule has 0 amide bonds. The van der Waals surface area contributed by atoms with Crippen molar-refractivity contribution in [3.8, 4) is 0 Å². The maximum atomic E-state index is 13.8. The maximum absolute atomic E-state index is 13.8. The summed E-state index contributed by atoms with van der Waals surface area (Å²) in [6, 6.07) is 3.07. The minimum absolute atomic E-state index is 0.0122. The van der Waals surface area contributed by atoms with Gasteiger partial charge in [-0.1, -0.05) is 6.07 Å². The standard InChI is InChI=1S/C12H16F2N2O/c13-11-8(7-15)1-2-10(12(11)14)16-5-3-9(17)4-6-16/h1-2,9,17H,3-7,15H2. The van der Waals surface area contributed by atoms with Gasteiger partial charge in [-0.2, -0.15) is 0 Å². The van der Waals surface area contributed by atoms with E-state index in [2.05, 4.69) is 0 Å². The van der Waals surface area contributed by atoms with Gasteiger partial charge in [0.15, 0.2) is 11.6 Å². The van der Waals surface area contributed by atoms with Gasteiger partial charge in [-0.3, -0.25) is 0 Å². The molecule has 17 heavy (non-hydrogen) atoms. The number of benzene rings is 1. The van der Waals surface area contributed by atoms with Crippen molar-refractivity contribution < 1.29 is 13.9 Å². The highest BCUT2D eigenvalue weighted by molar-refractivity contribution is 5.50.